The second-order valence-corrected chi connectivity index (χ2v) is 11.8. The van der Waals surface area contributed by atoms with Crippen molar-refractivity contribution in [3.8, 4) is 0 Å². The summed E-state index contributed by atoms with van der Waals surface area (Å²) in [7, 11) is 0. The summed E-state index contributed by atoms with van der Waals surface area (Å²) in [4.78, 5) is 35.4. The fourth-order valence-corrected chi connectivity index (χ4v) is 5.50. The lowest BCUT2D eigenvalue weighted by Gasteiger charge is -2.29. The Balaban J connectivity index is 0.000000537. The summed E-state index contributed by atoms with van der Waals surface area (Å²) in [6.07, 6.45) is 13.6. The SMILES string of the molecule is CCCCCC(O)C=C[C@@H]1CCC(=O)[C@@]1(C)CCCC(C)CCC(=O)OCC.CCOC(=O)c1ccc(C)cc1C. The minimum absolute atomic E-state index is 0.116. The first-order chi connectivity index (χ1) is 19.5. The van der Waals surface area contributed by atoms with Gasteiger partial charge in [-0.1, -0.05) is 82.7 Å². The number of rotatable bonds is 16. The predicted molar refractivity (Wildman–Crippen MR) is 166 cm³/mol. The van der Waals surface area contributed by atoms with Crippen LogP contribution < -0.4 is 0 Å². The summed E-state index contributed by atoms with van der Waals surface area (Å²) in [6.45, 7) is 14.8. The maximum atomic E-state index is 12.6. The largest absolute Gasteiger partial charge is 0.466 e. The third kappa shape index (κ3) is 13.4. The van der Waals surface area contributed by atoms with Gasteiger partial charge in [0.15, 0.2) is 0 Å². The standard InChI is InChI=1S/C24H42O4.C11H14O2/c1-5-7-8-11-21(25)15-13-20-14-16-22(26)24(20,4)18-9-10-19(3)12-17-23(27)28-6-2;1-4-13-11(12)10-6-5-8(2)7-9(10)3/h13,15,19-21,25H,5-12,14,16-18H2,1-4H3;5-7H,4H2,1-3H3/t19?,20-,21?,24+;/m1./s1. The number of allylic oxidation sites excluding steroid dienone is 1. The zero-order valence-corrected chi connectivity index (χ0v) is 26.8. The van der Waals surface area contributed by atoms with E-state index in [2.05, 4.69) is 26.8 Å². The van der Waals surface area contributed by atoms with Gasteiger partial charge in [0.25, 0.3) is 0 Å². The molecule has 0 aromatic heterocycles. The minimum atomic E-state index is -0.394. The van der Waals surface area contributed by atoms with Gasteiger partial charge in [0.2, 0.25) is 0 Å². The van der Waals surface area contributed by atoms with Crippen molar-refractivity contribution >= 4 is 17.7 Å². The monoisotopic (exact) mass is 572 g/mol. The fourth-order valence-electron chi connectivity index (χ4n) is 5.50. The first-order valence-electron chi connectivity index (χ1n) is 15.8. The molecule has 41 heavy (non-hydrogen) atoms. The summed E-state index contributed by atoms with van der Waals surface area (Å²) >= 11 is 0. The molecule has 0 aliphatic heterocycles. The maximum Gasteiger partial charge on any atom is 0.338 e. The number of esters is 2. The van der Waals surface area contributed by atoms with E-state index in [4.69, 9.17) is 9.47 Å². The summed E-state index contributed by atoms with van der Waals surface area (Å²) in [5.41, 5.74) is 2.48. The van der Waals surface area contributed by atoms with E-state index < -0.39 is 6.10 Å². The molecule has 0 amide bonds. The molecule has 1 aromatic rings. The number of aliphatic hydroxyl groups excluding tert-OH is 1. The molecule has 0 bridgehead atoms. The van der Waals surface area contributed by atoms with Gasteiger partial charge in [-0.25, -0.2) is 4.79 Å². The molecule has 232 valence electrons. The van der Waals surface area contributed by atoms with Crippen molar-refractivity contribution in [2.45, 2.75) is 125 Å². The van der Waals surface area contributed by atoms with Gasteiger partial charge in [0.05, 0.1) is 24.9 Å². The molecule has 1 aromatic carbocycles. The molecular weight excluding hydrogens is 516 g/mol. The van der Waals surface area contributed by atoms with E-state index in [1.54, 1.807) is 6.92 Å². The first kappa shape index (κ1) is 36.6. The van der Waals surface area contributed by atoms with Gasteiger partial charge < -0.3 is 14.6 Å². The summed E-state index contributed by atoms with van der Waals surface area (Å²) < 4.78 is 9.90. The van der Waals surface area contributed by atoms with Gasteiger partial charge in [-0.3, -0.25) is 9.59 Å². The average molecular weight is 573 g/mol. The molecule has 0 spiro atoms. The van der Waals surface area contributed by atoms with Gasteiger partial charge in [-0.2, -0.15) is 0 Å². The number of aryl methyl sites for hydroxylation is 2. The molecule has 1 aliphatic carbocycles. The highest BCUT2D eigenvalue weighted by atomic mass is 16.5. The van der Waals surface area contributed by atoms with Gasteiger partial charge in [-0.05, 0) is 76.8 Å². The van der Waals surface area contributed by atoms with Crippen molar-refractivity contribution in [1.29, 1.82) is 0 Å². The molecule has 1 saturated carbocycles. The summed E-state index contributed by atoms with van der Waals surface area (Å²) in [5.74, 6) is 0.700. The Kier molecular flexibility index (Phi) is 17.5. The van der Waals surface area contributed by atoms with Crippen LogP contribution in [0.5, 0.6) is 0 Å². The summed E-state index contributed by atoms with van der Waals surface area (Å²) in [5, 5.41) is 10.2. The Morgan fingerprint density at radius 2 is 1.76 bits per heavy atom. The second kappa shape index (κ2) is 19.6. The lowest BCUT2D eigenvalue weighted by molar-refractivity contribution is -0.143. The van der Waals surface area contributed by atoms with Crippen LogP contribution in [-0.4, -0.2) is 42.1 Å². The number of hydrogen-bond donors (Lipinski definition) is 1. The highest BCUT2D eigenvalue weighted by Gasteiger charge is 2.44. The Morgan fingerprint density at radius 1 is 1.05 bits per heavy atom. The van der Waals surface area contributed by atoms with Gasteiger partial charge in [0, 0.05) is 18.3 Å². The number of Topliss-reactive ketones (excluding diaryl/α,β-unsaturated/α-hetero) is 1. The zero-order valence-electron chi connectivity index (χ0n) is 26.8. The maximum absolute atomic E-state index is 12.6. The van der Waals surface area contributed by atoms with Crippen LogP contribution in [0.1, 0.15) is 127 Å². The van der Waals surface area contributed by atoms with E-state index in [0.29, 0.717) is 43.3 Å². The fraction of sp³-hybridized carbons (Fsp3) is 0.686. The van der Waals surface area contributed by atoms with E-state index in [1.165, 1.54) is 0 Å². The van der Waals surface area contributed by atoms with E-state index in [1.807, 2.05) is 45.0 Å². The van der Waals surface area contributed by atoms with Crippen LogP contribution in [0.3, 0.4) is 0 Å². The Bertz CT molecular complexity index is 967. The first-order valence-corrected chi connectivity index (χ1v) is 15.8. The van der Waals surface area contributed by atoms with E-state index in [9.17, 15) is 19.5 Å². The van der Waals surface area contributed by atoms with Crippen molar-refractivity contribution < 1.29 is 29.0 Å². The Morgan fingerprint density at radius 3 is 2.39 bits per heavy atom. The zero-order chi connectivity index (χ0) is 30.8. The molecule has 0 saturated heterocycles. The molecule has 0 heterocycles. The number of carbonyl (C=O) groups excluding carboxylic acids is 3. The lowest BCUT2D eigenvalue weighted by atomic mass is 9.74. The van der Waals surface area contributed by atoms with Crippen LogP contribution in [0, 0.1) is 31.1 Å². The van der Waals surface area contributed by atoms with Crippen LogP contribution in [0.25, 0.3) is 0 Å². The minimum Gasteiger partial charge on any atom is -0.466 e. The van der Waals surface area contributed by atoms with Crippen molar-refractivity contribution in [3.63, 3.8) is 0 Å². The van der Waals surface area contributed by atoms with Crippen molar-refractivity contribution in [1.82, 2.24) is 0 Å². The Hall–Kier alpha value is -2.47. The van der Waals surface area contributed by atoms with Crippen LogP contribution >= 0.6 is 0 Å². The van der Waals surface area contributed by atoms with Crippen molar-refractivity contribution in [2.24, 2.45) is 17.3 Å². The third-order valence-corrected chi connectivity index (χ3v) is 8.22. The number of hydrogen-bond acceptors (Lipinski definition) is 6. The number of ketones is 1. The quantitative estimate of drug-likeness (QED) is 0.122. The smallest absolute Gasteiger partial charge is 0.338 e. The number of carbonyl (C=O) groups is 3. The second-order valence-electron chi connectivity index (χ2n) is 11.8. The van der Waals surface area contributed by atoms with E-state index in [-0.39, 0.29) is 23.3 Å². The number of unbranched alkanes of at least 4 members (excludes halogenated alkanes) is 2. The van der Waals surface area contributed by atoms with E-state index >= 15 is 0 Å². The van der Waals surface area contributed by atoms with E-state index in [0.717, 1.165) is 68.9 Å². The topological polar surface area (TPSA) is 89.9 Å². The molecule has 2 unspecified atom stereocenters. The predicted octanol–water partition coefficient (Wildman–Crippen LogP) is 8.10. The Labute approximate surface area is 249 Å². The molecule has 6 nitrogen and oxygen atoms in total. The van der Waals surface area contributed by atoms with Crippen molar-refractivity contribution in [2.75, 3.05) is 13.2 Å². The molecule has 6 heteroatoms. The molecular formula is C35H56O6. The normalized spacial score (nSPS) is 19.9. The molecule has 1 aliphatic rings. The molecule has 4 atom stereocenters. The summed E-state index contributed by atoms with van der Waals surface area (Å²) in [6, 6.07) is 5.70. The molecule has 1 N–H and O–H groups in total. The molecule has 0 radical (unpaired) electrons. The number of ether oxygens (including phenoxy) is 2. The third-order valence-electron chi connectivity index (χ3n) is 8.22. The average Bonchev–Trinajstić information content (AvgIpc) is 3.20. The number of aliphatic hydroxyl groups is 1. The lowest BCUT2D eigenvalue weighted by Crippen LogP contribution is -2.28. The van der Waals surface area contributed by atoms with Gasteiger partial charge in [-0.15, -0.1) is 0 Å². The highest BCUT2D eigenvalue weighted by molar-refractivity contribution is 5.91. The van der Waals surface area contributed by atoms with Crippen LogP contribution in [0.2, 0.25) is 0 Å². The molecule has 2 rings (SSSR count). The molecule has 1 fully saturated rings. The van der Waals surface area contributed by atoms with Crippen LogP contribution in [-0.2, 0) is 19.1 Å². The van der Waals surface area contributed by atoms with Crippen LogP contribution in [0.4, 0.5) is 0 Å². The van der Waals surface area contributed by atoms with Crippen molar-refractivity contribution in [3.05, 3.63) is 47.0 Å². The van der Waals surface area contributed by atoms with Gasteiger partial charge in [0.1, 0.15) is 5.78 Å². The number of benzene rings is 1. The van der Waals surface area contributed by atoms with Gasteiger partial charge >= 0.3 is 11.9 Å². The van der Waals surface area contributed by atoms with Crippen LogP contribution in [0.15, 0.2) is 30.4 Å². The highest BCUT2D eigenvalue weighted by Crippen LogP contribution is 2.45.